The molecule has 0 heterocycles. The number of nitrogens with one attached hydrogen (secondary N) is 1. The molecule has 19 heavy (non-hydrogen) atoms. The summed E-state index contributed by atoms with van der Waals surface area (Å²) < 4.78 is 15.5. The number of methoxy groups -OCH3 is 3. The number of ether oxygens (including phenoxy) is 3. The summed E-state index contributed by atoms with van der Waals surface area (Å²) in [7, 11) is 4.91. The average Bonchev–Trinajstić information content (AvgIpc) is 2.42. The first-order chi connectivity index (χ1) is 9.22. The van der Waals surface area contributed by atoms with Crippen molar-refractivity contribution < 1.29 is 14.2 Å². The van der Waals surface area contributed by atoms with E-state index in [1.165, 1.54) is 0 Å². The Bertz CT molecular complexity index is 385. The first-order valence-electron chi connectivity index (χ1n) is 6.33. The van der Waals surface area contributed by atoms with E-state index in [0.717, 1.165) is 38.1 Å². The number of hydrogen-bond acceptors (Lipinski definition) is 4. The van der Waals surface area contributed by atoms with Crippen LogP contribution >= 0.6 is 11.6 Å². The lowest BCUT2D eigenvalue weighted by molar-refractivity contribution is 0.192. The molecule has 0 radical (unpaired) electrons. The Hall–Kier alpha value is -0.970. The van der Waals surface area contributed by atoms with E-state index in [2.05, 4.69) is 5.32 Å². The topological polar surface area (TPSA) is 39.7 Å². The van der Waals surface area contributed by atoms with Gasteiger partial charge in [-0.25, -0.2) is 0 Å². The van der Waals surface area contributed by atoms with Crippen molar-refractivity contribution in [2.45, 2.75) is 19.4 Å². The molecule has 0 spiro atoms. The smallest absolute Gasteiger partial charge is 0.179 e. The fourth-order valence-corrected chi connectivity index (χ4v) is 2.11. The lowest BCUT2D eigenvalue weighted by Crippen LogP contribution is -2.15. The molecular weight excluding hydrogens is 266 g/mol. The van der Waals surface area contributed by atoms with Crippen LogP contribution < -0.4 is 14.8 Å². The van der Waals surface area contributed by atoms with Gasteiger partial charge >= 0.3 is 0 Å². The summed E-state index contributed by atoms with van der Waals surface area (Å²) in [5.74, 6) is 1.24. The van der Waals surface area contributed by atoms with Gasteiger partial charge in [0.25, 0.3) is 0 Å². The second kappa shape index (κ2) is 9.02. The van der Waals surface area contributed by atoms with Gasteiger partial charge in [-0.15, -0.1) is 0 Å². The molecule has 0 bridgehead atoms. The largest absolute Gasteiger partial charge is 0.493 e. The van der Waals surface area contributed by atoms with E-state index in [0.29, 0.717) is 16.5 Å². The molecule has 0 unspecified atom stereocenters. The van der Waals surface area contributed by atoms with Gasteiger partial charge in [0, 0.05) is 20.3 Å². The van der Waals surface area contributed by atoms with Gasteiger partial charge in [-0.05, 0) is 37.1 Å². The Morgan fingerprint density at radius 3 is 2.53 bits per heavy atom. The maximum absolute atomic E-state index is 6.15. The van der Waals surface area contributed by atoms with Crippen LogP contribution in [0.2, 0.25) is 5.02 Å². The van der Waals surface area contributed by atoms with Crippen LogP contribution in [0.15, 0.2) is 12.1 Å². The normalized spacial score (nSPS) is 10.5. The van der Waals surface area contributed by atoms with Crippen LogP contribution in [0.3, 0.4) is 0 Å². The van der Waals surface area contributed by atoms with Crippen molar-refractivity contribution in [3.8, 4) is 11.5 Å². The molecule has 1 aromatic rings. The highest BCUT2D eigenvalue weighted by Gasteiger charge is 2.10. The number of hydrogen-bond donors (Lipinski definition) is 1. The zero-order chi connectivity index (χ0) is 14.1. The Balaban J connectivity index is 2.48. The summed E-state index contributed by atoms with van der Waals surface area (Å²) in [6, 6.07) is 3.83. The fraction of sp³-hybridized carbons (Fsp3) is 0.571. The van der Waals surface area contributed by atoms with Crippen molar-refractivity contribution in [2.24, 2.45) is 0 Å². The highest BCUT2D eigenvalue weighted by atomic mass is 35.5. The molecule has 0 aliphatic rings. The SMILES string of the molecule is COCCCCNCc1cc(Cl)c(OC)c(OC)c1. The highest BCUT2D eigenvalue weighted by molar-refractivity contribution is 6.32. The molecule has 0 aliphatic carbocycles. The van der Waals surface area contributed by atoms with E-state index in [9.17, 15) is 0 Å². The van der Waals surface area contributed by atoms with E-state index >= 15 is 0 Å². The molecule has 1 aromatic carbocycles. The summed E-state index contributed by atoms with van der Waals surface area (Å²) in [5, 5.41) is 3.93. The van der Waals surface area contributed by atoms with Crippen molar-refractivity contribution in [3.05, 3.63) is 22.7 Å². The van der Waals surface area contributed by atoms with E-state index in [1.54, 1.807) is 21.3 Å². The fourth-order valence-electron chi connectivity index (χ4n) is 1.80. The molecule has 0 atom stereocenters. The van der Waals surface area contributed by atoms with Crippen LogP contribution in [0, 0.1) is 0 Å². The van der Waals surface area contributed by atoms with Crippen molar-refractivity contribution >= 4 is 11.6 Å². The first-order valence-corrected chi connectivity index (χ1v) is 6.70. The zero-order valence-corrected chi connectivity index (χ0v) is 12.5. The summed E-state index contributed by atoms with van der Waals surface area (Å²) in [6.07, 6.45) is 2.16. The van der Waals surface area contributed by atoms with Gasteiger partial charge < -0.3 is 19.5 Å². The Kier molecular flexibility index (Phi) is 7.63. The molecular formula is C14H22ClNO3. The summed E-state index contributed by atoms with van der Waals surface area (Å²) >= 11 is 6.15. The Morgan fingerprint density at radius 2 is 1.89 bits per heavy atom. The van der Waals surface area contributed by atoms with Crippen molar-refractivity contribution in [3.63, 3.8) is 0 Å². The second-order valence-electron chi connectivity index (χ2n) is 4.19. The van der Waals surface area contributed by atoms with Gasteiger partial charge in [-0.1, -0.05) is 11.6 Å². The lowest BCUT2D eigenvalue weighted by atomic mass is 10.2. The van der Waals surface area contributed by atoms with E-state index in [1.807, 2.05) is 12.1 Å². The number of rotatable bonds is 9. The van der Waals surface area contributed by atoms with Crippen LogP contribution in [0.4, 0.5) is 0 Å². The van der Waals surface area contributed by atoms with Gasteiger partial charge in [0.05, 0.1) is 19.2 Å². The average molecular weight is 288 g/mol. The van der Waals surface area contributed by atoms with Crippen molar-refractivity contribution in [2.75, 3.05) is 34.5 Å². The van der Waals surface area contributed by atoms with Crippen LogP contribution in [-0.4, -0.2) is 34.5 Å². The molecule has 1 N–H and O–H groups in total. The molecule has 0 aromatic heterocycles. The third-order valence-electron chi connectivity index (χ3n) is 2.77. The van der Waals surface area contributed by atoms with Crippen molar-refractivity contribution in [1.29, 1.82) is 0 Å². The van der Waals surface area contributed by atoms with Crippen LogP contribution in [0.25, 0.3) is 0 Å². The molecule has 108 valence electrons. The first kappa shape index (κ1) is 16.1. The van der Waals surface area contributed by atoms with Crippen LogP contribution in [0.5, 0.6) is 11.5 Å². The predicted octanol–water partition coefficient (Wildman–Crippen LogP) is 2.87. The van der Waals surface area contributed by atoms with E-state index in [-0.39, 0.29) is 0 Å². The molecule has 1 rings (SSSR count). The molecule has 5 heteroatoms. The predicted molar refractivity (Wildman–Crippen MR) is 77.4 cm³/mol. The zero-order valence-electron chi connectivity index (χ0n) is 11.8. The molecule has 0 saturated carbocycles. The van der Waals surface area contributed by atoms with Gasteiger partial charge in [0.15, 0.2) is 11.5 Å². The maximum Gasteiger partial charge on any atom is 0.179 e. The van der Waals surface area contributed by atoms with Crippen LogP contribution in [0.1, 0.15) is 18.4 Å². The monoisotopic (exact) mass is 287 g/mol. The minimum Gasteiger partial charge on any atom is -0.493 e. The number of benzene rings is 1. The standard InChI is InChI=1S/C14H22ClNO3/c1-17-7-5-4-6-16-10-11-8-12(15)14(19-3)13(9-11)18-2/h8-9,16H,4-7,10H2,1-3H3. The molecule has 0 amide bonds. The molecule has 0 aliphatic heterocycles. The quantitative estimate of drug-likeness (QED) is 0.709. The van der Waals surface area contributed by atoms with Gasteiger partial charge in [0.1, 0.15) is 0 Å². The molecule has 4 nitrogen and oxygen atoms in total. The molecule has 0 saturated heterocycles. The highest BCUT2D eigenvalue weighted by Crippen LogP contribution is 2.35. The summed E-state index contributed by atoms with van der Waals surface area (Å²) in [5.41, 5.74) is 1.08. The summed E-state index contributed by atoms with van der Waals surface area (Å²) in [6.45, 7) is 2.52. The molecule has 0 fully saturated rings. The number of halogens is 1. The van der Waals surface area contributed by atoms with Gasteiger partial charge in [-0.2, -0.15) is 0 Å². The lowest BCUT2D eigenvalue weighted by Gasteiger charge is -2.12. The Morgan fingerprint density at radius 1 is 1.11 bits per heavy atom. The van der Waals surface area contributed by atoms with E-state index in [4.69, 9.17) is 25.8 Å². The third-order valence-corrected chi connectivity index (χ3v) is 3.06. The maximum atomic E-state index is 6.15. The minimum absolute atomic E-state index is 0.568. The van der Waals surface area contributed by atoms with E-state index < -0.39 is 0 Å². The van der Waals surface area contributed by atoms with Gasteiger partial charge in [-0.3, -0.25) is 0 Å². The van der Waals surface area contributed by atoms with Crippen LogP contribution in [-0.2, 0) is 11.3 Å². The third kappa shape index (κ3) is 5.27. The summed E-state index contributed by atoms with van der Waals surface area (Å²) in [4.78, 5) is 0. The Labute approximate surface area is 120 Å². The minimum atomic E-state index is 0.568. The van der Waals surface area contributed by atoms with Gasteiger partial charge in [0.2, 0.25) is 0 Å². The second-order valence-corrected chi connectivity index (χ2v) is 4.60. The van der Waals surface area contributed by atoms with Crippen molar-refractivity contribution in [1.82, 2.24) is 5.32 Å². The number of unbranched alkanes of at least 4 members (excludes halogenated alkanes) is 1.